The van der Waals surface area contributed by atoms with Crippen LogP contribution in [0.4, 0.5) is 10.1 Å². The van der Waals surface area contributed by atoms with E-state index in [4.69, 9.17) is 9.47 Å². The van der Waals surface area contributed by atoms with Gasteiger partial charge in [-0.25, -0.2) is 4.39 Å². The Morgan fingerprint density at radius 2 is 1.72 bits per heavy atom. The Morgan fingerprint density at radius 1 is 0.920 bits per heavy atom. The van der Waals surface area contributed by atoms with E-state index < -0.39 is 0 Å². The molecule has 3 aromatic rings. The van der Waals surface area contributed by atoms with Crippen LogP contribution in [-0.4, -0.2) is 7.11 Å². The Labute approximate surface area is 147 Å². The molecule has 0 saturated heterocycles. The lowest BCUT2D eigenvalue weighted by molar-refractivity contribution is 0.302. The summed E-state index contributed by atoms with van der Waals surface area (Å²) in [5.74, 6) is 1.35. The molecule has 0 atom stereocenters. The van der Waals surface area contributed by atoms with Gasteiger partial charge < -0.3 is 14.8 Å². The number of nitrogens with one attached hydrogen (secondary N) is 1. The summed E-state index contributed by atoms with van der Waals surface area (Å²) in [6.45, 7) is 0.961. The van der Waals surface area contributed by atoms with Crippen molar-refractivity contribution in [3.05, 3.63) is 89.7 Å². The second kappa shape index (κ2) is 8.20. The van der Waals surface area contributed by atoms with Crippen LogP contribution in [0.3, 0.4) is 0 Å². The maximum atomic E-state index is 13.3. The second-order valence-corrected chi connectivity index (χ2v) is 5.61. The van der Waals surface area contributed by atoms with E-state index in [9.17, 15) is 4.39 Å². The third-order valence-electron chi connectivity index (χ3n) is 3.83. The maximum absolute atomic E-state index is 13.3. The van der Waals surface area contributed by atoms with Crippen molar-refractivity contribution >= 4 is 5.69 Å². The van der Waals surface area contributed by atoms with Gasteiger partial charge in [-0.1, -0.05) is 30.3 Å². The van der Waals surface area contributed by atoms with Crippen LogP contribution in [0.15, 0.2) is 72.8 Å². The van der Waals surface area contributed by atoms with Crippen molar-refractivity contribution in [3.8, 4) is 11.5 Å². The molecule has 0 amide bonds. The molecule has 0 saturated carbocycles. The van der Waals surface area contributed by atoms with Crippen molar-refractivity contribution < 1.29 is 13.9 Å². The number of ether oxygens (including phenoxy) is 2. The van der Waals surface area contributed by atoms with Crippen LogP contribution in [-0.2, 0) is 13.2 Å². The van der Waals surface area contributed by atoms with Gasteiger partial charge in [0.1, 0.15) is 23.9 Å². The van der Waals surface area contributed by atoms with Gasteiger partial charge in [-0.05, 0) is 48.0 Å². The van der Waals surface area contributed by atoms with Crippen LogP contribution >= 0.6 is 0 Å². The molecule has 3 aromatic carbocycles. The molecule has 3 nitrogen and oxygen atoms in total. The quantitative estimate of drug-likeness (QED) is 0.656. The summed E-state index contributed by atoms with van der Waals surface area (Å²) in [5.41, 5.74) is 2.84. The highest BCUT2D eigenvalue weighted by Crippen LogP contribution is 2.22. The molecule has 4 heteroatoms. The number of hydrogen-bond donors (Lipinski definition) is 1. The lowest BCUT2D eigenvalue weighted by Crippen LogP contribution is -2.03. The first-order valence-corrected chi connectivity index (χ1v) is 8.07. The van der Waals surface area contributed by atoms with Crippen molar-refractivity contribution in [2.75, 3.05) is 12.4 Å². The van der Waals surface area contributed by atoms with Crippen molar-refractivity contribution in [2.45, 2.75) is 13.2 Å². The van der Waals surface area contributed by atoms with Crippen LogP contribution < -0.4 is 14.8 Å². The van der Waals surface area contributed by atoms with Gasteiger partial charge in [0.15, 0.2) is 0 Å². The Morgan fingerprint density at radius 3 is 2.48 bits per heavy atom. The minimum absolute atomic E-state index is 0.254. The second-order valence-electron chi connectivity index (χ2n) is 5.61. The molecule has 0 aromatic heterocycles. The summed E-state index contributed by atoms with van der Waals surface area (Å²) >= 11 is 0. The molecule has 0 bridgehead atoms. The summed E-state index contributed by atoms with van der Waals surface area (Å²) in [6.07, 6.45) is 0. The zero-order valence-corrected chi connectivity index (χ0v) is 14.0. The molecule has 128 valence electrons. The first-order chi connectivity index (χ1) is 12.2. The molecule has 0 aliphatic carbocycles. The molecule has 0 fully saturated rings. The smallest absolute Gasteiger partial charge is 0.124 e. The van der Waals surface area contributed by atoms with Crippen LogP contribution in [0, 0.1) is 5.82 Å². The summed E-state index contributed by atoms with van der Waals surface area (Å²) in [4.78, 5) is 0. The number of methoxy groups -OCH3 is 1. The molecule has 0 spiro atoms. The van der Waals surface area contributed by atoms with E-state index in [1.54, 1.807) is 13.2 Å². The van der Waals surface area contributed by atoms with Crippen LogP contribution in [0.25, 0.3) is 0 Å². The summed E-state index contributed by atoms with van der Waals surface area (Å²) in [6, 6.07) is 22.0. The van der Waals surface area contributed by atoms with Crippen molar-refractivity contribution in [1.29, 1.82) is 0 Å². The van der Waals surface area contributed by atoms with Gasteiger partial charge in [0.2, 0.25) is 0 Å². The van der Waals surface area contributed by atoms with E-state index >= 15 is 0 Å². The van der Waals surface area contributed by atoms with Gasteiger partial charge in [0, 0.05) is 17.8 Å². The average molecular weight is 337 g/mol. The van der Waals surface area contributed by atoms with E-state index in [0.29, 0.717) is 13.2 Å². The number of hydrogen-bond acceptors (Lipinski definition) is 3. The zero-order chi connectivity index (χ0) is 17.5. The van der Waals surface area contributed by atoms with E-state index in [2.05, 4.69) is 5.32 Å². The van der Waals surface area contributed by atoms with E-state index in [1.807, 2.05) is 54.6 Å². The number of rotatable bonds is 7. The largest absolute Gasteiger partial charge is 0.497 e. The monoisotopic (exact) mass is 337 g/mol. The predicted octanol–water partition coefficient (Wildman–Crippen LogP) is 5.03. The van der Waals surface area contributed by atoms with E-state index in [0.717, 1.165) is 28.3 Å². The molecule has 25 heavy (non-hydrogen) atoms. The molecule has 0 radical (unpaired) electrons. The summed E-state index contributed by atoms with van der Waals surface area (Å²) < 4.78 is 24.3. The highest BCUT2D eigenvalue weighted by Gasteiger charge is 2.04. The normalized spacial score (nSPS) is 10.3. The third-order valence-corrected chi connectivity index (χ3v) is 3.83. The van der Waals surface area contributed by atoms with Crippen molar-refractivity contribution in [3.63, 3.8) is 0 Å². The topological polar surface area (TPSA) is 30.5 Å². The first kappa shape index (κ1) is 16.8. The van der Waals surface area contributed by atoms with E-state index in [1.165, 1.54) is 12.1 Å². The molecule has 0 heterocycles. The van der Waals surface area contributed by atoms with Crippen LogP contribution in [0.2, 0.25) is 0 Å². The molecular formula is C21H20FNO2. The van der Waals surface area contributed by atoms with Crippen molar-refractivity contribution in [1.82, 2.24) is 0 Å². The summed E-state index contributed by atoms with van der Waals surface area (Å²) in [7, 11) is 1.65. The minimum atomic E-state index is -0.254. The van der Waals surface area contributed by atoms with Gasteiger partial charge in [0.25, 0.3) is 0 Å². The summed E-state index contributed by atoms with van der Waals surface area (Å²) in [5, 5.41) is 3.36. The fraction of sp³-hybridized carbons (Fsp3) is 0.143. The molecule has 0 aliphatic heterocycles. The Bertz CT molecular complexity index is 818. The van der Waals surface area contributed by atoms with Crippen LogP contribution in [0.5, 0.6) is 11.5 Å². The molecule has 0 unspecified atom stereocenters. The third kappa shape index (κ3) is 4.73. The Hall–Kier alpha value is -3.01. The SMILES string of the molecule is COc1ccc(NCc2ccccc2OCc2cccc(F)c2)cc1. The van der Waals surface area contributed by atoms with Gasteiger partial charge in [0.05, 0.1) is 7.11 Å². The lowest BCUT2D eigenvalue weighted by atomic mass is 10.2. The molecule has 0 aliphatic rings. The molecule has 1 N–H and O–H groups in total. The molecule has 3 rings (SSSR count). The van der Waals surface area contributed by atoms with Gasteiger partial charge >= 0.3 is 0 Å². The highest BCUT2D eigenvalue weighted by molar-refractivity contribution is 5.47. The fourth-order valence-corrected chi connectivity index (χ4v) is 2.48. The lowest BCUT2D eigenvalue weighted by Gasteiger charge is -2.13. The number of para-hydroxylation sites is 1. The fourth-order valence-electron chi connectivity index (χ4n) is 2.48. The van der Waals surface area contributed by atoms with Crippen molar-refractivity contribution in [2.24, 2.45) is 0 Å². The highest BCUT2D eigenvalue weighted by atomic mass is 19.1. The van der Waals surface area contributed by atoms with Crippen LogP contribution in [0.1, 0.15) is 11.1 Å². The Kier molecular flexibility index (Phi) is 5.52. The van der Waals surface area contributed by atoms with Gasteiger partial charge in [-0.3, -0.25) is 0 Å². The van der Waals surface area contributed by atoms with E-state index in [-0.39, 0.29) is 5.82 Å². The number of anilines is 1. The predicted molar refractivity (Wildman–Crippen MR) is 97.5 cm³/mol. The standard InChI is InChI=1S/C21H20FNO2/c1-24-20-11-9-19(10-12-20)23-14-17-6-2-3-8-21(17)25-15-16-5-4-7-18(22)13-16/h2-13,23H,14-15H2,1H3. The zero-order valence-electron chi connectivity index (χ0n) is 14.0. The first-order valence-electron chi connectivity index (χ1n) is 8.07. The maximum Gasteiger partial charge on any atom is 0.124 e. The number of benzene rings is 3. The number of halogens is 1. The average Bonchev–Trinajstić information content (AvgIpc) is 2.66. The van der Waals surface area contributed by atoms with Gasteiger partial charge in [-0.15, -0.1) is 0 Å². The molecular weight excluding hydrogens is 317 g/mol. The van der Waals surface area contributed by atoms with Gasteiger partial charge in [-0.2, -0.15) is 0 Å². The Balaban J connectivity index is 1.63. The minimum Gasteiger partial charge on any atom is -0.497 e.